The van der Waals surface area contributed by atoms with Crippen molar-refractivity contribution in [2.24, 2.45) is 0 Å². The van der Waals surface area contributed by atoms with Crippen LogP contribution in [-0.4, -0.2) is 79.3 Å². The van der Waals surface area contributed by atoms with Crippen LogP contribution in [0, 0.1) is 0 Å². The largest absolute Gasteiger partial charge is 0.481 e. The average molecular weight is 293 g/mol. The fourth-order valence-corrected chi connectivity index (χ4v) is 3.80. The van der Waals surface area contributed by atoms with Gasteiger partial charge < -0.3 is 10.0 Å². The van der Waals surface area contributed by atoms with Gasteiger partial charge in [0.15, 0.2) is 0 Å². The summed E-state index contributed by atoms with van der Waals surface area (Å²) in [6.45, 7) is 3.91. The highest BCUT2D eigenvalue weighted by molar-refractivity contribution is 7.86. The van der Waals surface area contributed by atoms with Crippen molar-refractivity contribution in [1.29, 1.82) is 0 Å². The molecule has 7 nitrogen and oxygen atoms in total. The third-order valence-corrected chi connectivity index (χ3v) is 5.42. The van der Waals surface area contributed by atoms with Crippen molar-refractivity contribution in [3.05, 3.63) is 0 Å². The van der Waals surface area contributed by atoms with Crippen LogP contribution in [0.25, 0.3) is 0 Å². The monoisotopic (exact) mass is 293 g/mol. The normalized spacial score (nSPS) is 23.5. The zero-order chi connectivity index (χ0) is 14.6. The summed E-state index contributed by atoms with van der Waals surface area (Å²) in [5, 5.41) is 8.63. The lowest BCUT2D eigenvalue weighted by atomic mass is 10.3. The van der Waals surface area contributed by atoms with E-state index < -0.39 is 16.2 Å². The molecule has 0 radical (unpaired) electrons. The van der Waals surface area contributed by atoms with Gasteiger partial charge in [-0.15, -0.1) is 0 Å². The molecule has 1 saturated heterocycles. The standard InChI is InChI=1S/C11H23N3O4S/c1-10-9-12(2)6-4-7-14(10)19(17,18)13(3)8-5-11(15)16/h10H,4-9H2,1-3H3,(H,15,16). The third-order valence-electron chi connectivity index (χ3n) is 3.32. The first-order valence-corrected chi connectivity index (χ1v) is 7.78. The number of hydrogen-bond acceptors (Lipinski definition) is 4. The Labute approximate surface area is 115 Å². The lowest BCUT2D eigenvalue weighted by Gasteiger charge is -2.30. The molecular weight excluding hydrogens is 270 g/mol. The van der Waals surface area contributed by atoms with Crippen LogP contribution in [0.15, 0.2) is 0 Å². The number of rotatable bonds is 5. The van der Waals surface area contributed by atoms with Crippen molar-refractivity contribution in [2.75, 3.05) is 40.3 Å². The fourth-order valence-electron chi connectivity index (χ4n) is 2.24. The van der Waals surface area contributed by atoms with Gasteiger partial charge in [0.25, 0.3) is 10.2 Å². The van der Waals surface area contributed by atoms with Crippen LogP contribution >= 0.6 is 0 Å². The van der Waals surface area contributed by atoms with Gasteiger partial charge in [0, 0.05) is 32.7 Å². The van der Waals surface area contributed by atoms with E-state index in [2.05, 4.69) is 4.90 Å². The van der Waals surface area contributed by atoms with E-state index in [0.29, 0.717) is 13.1 Å². The SMILES string of the molecule is CC1CN(C)CCCN1S(=O)(=O)N(C)CCC(=O)O. The summed E-state index contributed by atoms with van der Waals surface area (Å²) in [6.07, 6.45) is 0.602. The lowest BCUT2D eigenvalue weighted by molar-refractivity contribution is -0.137. The molecule has 0 aromatic rings. The molecular formula is C11H23N3O4S. The molecule has 8 heteroatoms. The van der Waals surface area contributed by atoms with Gasteiger partial charge in [0.05, 0.1) is 6.42 Å². The predicted molar refractivity (Wildman–Crippen MR) is 72.1 cm³/mol. The topological polar surface area (TPSA) is 81.2 Å². The molecule has 1 rings (SSSR count). The van der Waals surface area contributed by atoms with E-state index in [-0.39, 0.29) is 19.0 Å². The van der Waals surface area contributed by atoms with Gasteiger partial charge in [-0.05, 0) is 26.9 Å². The predicted octanol–water partition coefficient (Wildman–Crippen LogP) is -0.336. The number of nitrogens with zero attached hydrogens (tertiary/aromatic N) is 3. The highest BCUT2D eigenvalue weighted by atomic mass is 32.2. The Bertz CT molecular complexity index is 412. The Morgan fingerprint density at radius 2 is 2.05 bits per heavy atom. The second-order valence-corrected chi connectivity index (χ2v) is 7.04. The Balaban J connectivity index is 2.77. The molecule has 0 aromatic carbocycles. The molecule has 0 amide bonds. The maximum atomic E-state index is 12.4. The molecule has 0 saturated carbocycles. The minimum Gasteiger partial charge on any atom is -0.481 e. The van der Waals surface area contributed by atoms with Gasteiger partial charge in [-0.3, -0.25) is 4.79 Å². The first-order valence-electron chi connectivity index (χ1n) is 6.38. The highest BCUT2D eigenvalue weighted by Gasteiger charge is 2.32. The van der Waals surface area contributed by atoms with Crippen LogP contribution in [0.5, 0.6) is 0 Å². The number of carboxylic acid groups (broad SMARTS) is 1. The number of carboxylic acids is 1. The van der Waals surface area contributed by atoms with Crippen molar-refractivity contribution >= 4 is 16.2 Å². The summed E-state index contributed by atoms with van der Waals surface area (Å²) in [6, 6.07) is -0.107. The number of aliphatic carboxylic acids is 1. The Kier molecular flexibility index (Phi) is 5.72. The van der Waals surface area contributed by atoms with E-state index >= 15 is 0 Å². The summed E-state index contributed by atoms with van der Waals surface area (Å²) in [7, 11) is -0.174. The molecule has 0 aromatic heterocycles. The summed E-state index contributed by atoms with van der Waals surface area (Å²) in [5.41, 5.74) is 0. The summed E-state index contributed by atoms with van der Waals surface area (Å²) in [5.74, 6) is -0.995. The lowest BCUT2D eigenvalue weighted by Crippen LogP contribution is -2.48. The summed E-state index contributed by atoms with van der Waals surface area (Å²) >= 11 is 0. The Hall–Kier alpha value is -0.700. The highest BCUT2D eigenvalue weighted by Crippen LogP contribution is 2.16. The molecule has 1 unspecified atom stereocenters. The molecule has 19 heavy (non-hydrogen) atoms. The smallest absolute Gasteiger partial charge is 0.304 e. The molecule has 1 fully saturated rings. The van der Waals surface area contributed by atoms with E-state index in [9.17, 15) is 13.2 Å². The van der Waals surface area contributed by atoms with Gasteiger partial charge in [-0.1, -0.05) is 0 Å². The third kappa shape index (κ3) is 4.41. The van der Waals surface area contributed by atoms with Crippen molar-refractivity contribution in [3.63, 3.8) is 0 Å². The minimum absolute atomic E-state index is 0.00325. The van der Waals surface area contributed by atoms with E-state index in [1.807, 2.05) is 14.0 Å². The van der Waals surface area contributed by atoms with E-state index in [4.69, 9.17) is 5.11 Å². The Morgan fingerprint density at radius 1 is 1.42 bits per heavy atom. The number of hydrogen-bond donors (Lipinski definition) is 1. The van der Waals surface area contributed by atoms with Crippen molar-refractivity contribution in [1.82, 2.24) is 13.5 Å². The molecule has 0 spiro atoms. The van der Waals surface area contributed by atoms with E-state index in [1.165, 1.54) is 11.4 Å². The van der Waals surface area contributed by atoms with Crippen molar-refractivity contribution < 1.29 is 18.3 Å². The first-order chi connectivity index (χ1) is 8.75. The fraction of sp³-hybridized carbons (Fsp3) is 0.909. The number of likely N-dealkylation sites (N-methyl/N-ethyl adjacent to an activating group) is 1. The first kappa shape index (κ1) is 16.4. The number of carbonyl (C=O) groups is 1. The second-order valence-electron chi connectivity index (χ2n) is 5.05. The van der Waals surface area contributed by atoms with E-state index in [1.54, 1.807) is 0 Å². The quantitative estimate of drug-likeness (QED) is 0.750. The molecule has 0 bridgehead atoms. The molecule has 1 aliphatic rings. The summed E-state index contributed by atoms with van der Waals surface area (Å²) in [4.78, 5) is 12.6. The van der Waals surface area contributed by atoms with Crippen LogP contribution in [0.4, 0.5) is 0 Å². The maximum Gasteiger partial charge on any atom is 0.304 e. The molecule has 1 atom stereocenters. The average Bonchev–Trinajstić information content (AvgIpc) is 2.46. The molecule has 1 aliphatic heterocycles. The van der Waals surface area contributed by atoms with Crippen molar-refractivity contribution in [2.45, 2.75) is 25.8 Å². The van der Waals surface area contributed by atoms with Crippen molar-refractivity contribution in [3.8, 4) is 0 Å². The second kappa shape index (κ2) is 6.65. The minimum atomic E-state index is -3.58. The van der Waals surface area contributed by atoms with Gasteiger partial charge >= 0.3 is 5.97 Å². The molecule has 1 N–H and O–H groups in total. The molecule has 1 heterocycles. The van der Waals surface area contributed by atoms with Crippen LogP contribution in [0.2, 0.25) is 0 Å². The van der Waals surface area contributed by atoms with Gasteiger partial charge in [-0.2, -0.15) is 17.0 Å². The maximum absolute atomic E-state index is 12.4. The molecule has 112 valence electrons. The Morgan fingerprint density at radius 3 is 2.63 bits per heavy atom. The van der Waals surface area contributed by atoms with Crippen LogP contribution in [0.1, 0.15) is 19.8 Å². The zero-order valence-corrected chi connectivity index (χ0v) is 12.6. The molecule has 0 aliphatic carbocycles. The van der Waals surface area contributed by atoms with Crippen LogP contribution in [-0.2, 0) is 15.0 Å². The zero-order valence-electron chi connectivity index (χ0n) is 11.7. The van der Waals surface area contributed by atoms with E-state index in [0.717, 1.165) is 17.3 Å². The van der Waals surface area contributed by atoms with Crippen LogP contribution < -0.4 is 0 Å². The van der Waals surface area contributed by atoms with Gasteiger partial charge in [0.1, 0.15) is 0 Å². The van der Waals surface area contributed by atoms with Crippen LogP contribution in [0.3, 0.4) is 0 Å². The summed E-state index contributed by atoms with van der Waals surface area (Å²) < 4.78 is 27.4. The van der Waals surface area contributed by atoms with Gasteiger partial charge in [-0.25, -0.2) is 0 Å². The van der Waals surface area contributed by atoms with Gasteiger partial charge in [0.2, 0.25) is 0 Å².